The summed E-state index contributed by atoms with van der Waals surface area (Å²) in [4.78, 5) is 34.9. The Morgan fingerprint density at radius 3 is 2.44 bits per heavy atom. The van der Waals surface area contributed by atoms with Gasteiger partial charge in [0.25, 0.3) is 5.91 Å². The highest BCUT2D eigenvalue weighted by Crippen LogP contribution is 2.23. The minimum absolute atomic E-state index is 0.0308. The molecule has 0 aromatic heterocycles. The van der Waals surface area contributed by atoms with E-state index in [9.17, 15) is 14.4 Å². The molecular formula is C18H25ClN2O4. The van der Waals surface area contributed by atoms with Crippen molar-refractivity contribution in [1.82, 2.24) is 5.32 Å². The molecule has 138 valence electrons. The van der Waals surface area contributed by atoms with Gasteiger partial charge >= 0.3 is 5.97 Å². The molecule has 1 rings (SSSR count). The van der Waals surface area contributed by atoms with Crippen LogP contribution < -0.4 is 10.6 Å². The van der Waals surface area contributed by atoms with E-state index in [0.717, 1.165) is 0 Å². The molecule has 1 unspecified atom stereocenters. The zero-order valence-corrected chi connectivity index (χ0v) is 15.7. The summed E-state index contributed by atoms with van der Waals surface area (Å²) in [6, 6.07) is 4.69. The number of aliphatic carboxylic acids is 1. The van der Waals surface area contributed by atoms with E-state index in [0.29, 0.717) is 12.1 Å². The first-order chi connectivity index (χ1) is 11.5. The average molecular weight is 369 g/mol. The van der Waals surface area contributed by atoms with E-state index >= 15 is 0 Å². The van der Waals surface area contributed by atoms with Crippen LogP contribution >= 0.6 is 11.6 Å². The fraction of sp³-hybridized carbons (Fsp3) is 0.500. The molecule has 0 fully saturated rings. The number of anilines is 1. The van der Waals surface area contributed by atoms with Gasteiger partial charge in [-0.2, -0.15) is 0 Å². The minimum atomic E-state index is -0.914. The van der Waals surface area contributed by atoms with Gasteiger partial charge in [-0.25, -0.2) is 0 Å². The van der Waals surface area contributed by atoms with Gasteiger partial charge in [0.15, 0.2) is 0 Å². The molecule has 1 aromatic carbocycles. The number of nitrogens with one attached hydrogen (secondary N) is 2. The maximum absolute atomic E-state index is 12.3. The van der Waals surface area contributed by atoms with Gasteiger partial charge in [-0.15, -0.1) is 0 Å². The Balaban J connectivity index is 2.75. The Bertz CT molecular complexity index is 653. The van der Waals surface area contributed by atoms with Gasteiger partial charge in [0, 0.05) is 25.1 Å². The third-order valence-electron chi connectivity index (χ3n) is 3.32. The number of hydrogen-bond acceptors (Lipinski definition) is 3. The van der Waals surface area contributed by atoms with Crippen molar-refractivity contribution in [2.75, 3.05) is 11.9 Å². The monoisotopic (exact) mass is 368 g/mol. The summed E-state index contributed by atoms with van der Waals surface area (Å²) in [7, 11) is 0. The summed E-state index contributed by atoms with van der Waals surface area (Å²) in [5.74, 6) is -1.66. The lowest BCUT2D eigenvalue weighted by atomic mass is 9.92. The molecule has 1 atom stereocenters. The maximum atomic E-state index is 12.3. The Labute approximate surface area is 152 Å². The topological polar surface area (TPSA) is 95.5 Å². The molecule has 0 bridgehead atoms. The van der Waals surface area contributed by atoms with E-state index in [1.165, 1.54) is 6.07 Å². The second kappa shape index (κ2) is 8.85. The molecule has 1 aromatic rings. The standard InChI is InChI=1S/C18H25ClN2O4/c1-11(7-16(23)24)10-20-17(25)13-8-12(5-6-14(13)19)21-15(22)9-18(2,3)4/h5-6,8,11H,7,9-10H2,1-4H3,(H,20,25)(H,21,22)(H,23,24). The fourth-order valence-electron chi connectivity index (χ4n) is 2.20. The summed E-state index contributed by atoms with van der Waals surface area (Å²) in [5.41, 5.74) is 0.580. The molecule has 0 radical (unpaired) electrons. The Hall–Kier alpha value is -2.08. The van der Waals surface area contributed by atoms with Gasteiger partial charge in [-0.1, -0.05) is 39.3 Å². The largest absolute Gasteiger partial charge is 0.481 e. The first-order valence-electron chi connectivity index (χ1n) is 8.07. The van der Waals surface area contributed by atoms with E-state index in [1.54, 1.807) is 19.1 Å². The van der Waals surface area contributed by atoms with Gasteiger partial charge < -0.3 is 15.7 Å². The van der Waals surface area contributed by atoms with Crippen molar-refractivity contribution in [3.8, 4) is 0 Å². The minimum Gasteiger partial charge on any atom is -0.481 e. The van der Waals surface area contributed by atoms with Crippen LogP contribution in [0.5, 0.6) is 0 Å². The lowest BCUT2D eigenvalue weighted by Crippen LogP contribution is -2.29. The number of rotatable bonds is 7. The van der Waals surface area contributed by atoms with Crippen molar-refractivity contribution >= 4 is 35.1 Å². The highest BCUT2D eigenvalue weighted by Gasteiger charge is 2.18. The number of hydrogen-bond donors (Lipinski definition) is 3. The molecule has 7 heteroatoms. The number of benzene rings is 1. The van der Waals surface area contributed by atoms with Crippen LogP contribution in [-0.2, 0) is 9.59 Å². The molecule has 0 aliphatic carbocycles. The van der Waals surface area contributed by atoms with Crippen LogP contribution in [0.3, 0.4) is 0 Å². The van der Waals surface area contributed by atoms with E-state index in [4.69, 9.17) is 16.7 Å². The van der Waals surface area contributed by atoms with Crippen molar-refractivity contribution in [2.24, 2.45) is 11.3 Å². The average Bonchev–Trinajstić information content (AvgIpc) is 2.44. The van der Waals surface area contributed by atoms with Gasteiger partial charge in [-0.3, -0.25) is 14.4 Å². The van der Waals surface area contributed by atoms with Crippen LogP contribution in [-0.4, -0.2) is 29.4 Å². The predicted molar refractivity (Wildman–Crippen MR) is 97.9 cm³/mol. The summed E-state index contributed by atoms with van der Waals surface area (Å²) in [5, 5.41) is 14.4. The summed E-state index contributed by atoms with van der Waals surface area (Å²) in [6.07, 6.45) is 0.320. The van der Waals surface area contributed by atoms with E-state index in [2.05, 4.69) is 10.6 Å². The summed E-state index contributed by atoms with van der Waals surface area (Å²) >= 11 is 6.07. The molecule has 0 spiro atoms. The zero-order valence-electron chi connectivity index (χ0n) is 15.0. The van der Waals surface area contributed by atoms with Crippen LogP contribution in [0.2, 0.25) is 5.02 Å². The van der Waals surface area contributed by atoms with Crippen molar-refractivity contribution < 1.29 is 19.5 Å². The number of carboxylic acid groups (broad SMARTS) is 1. The van der Waals surface area contributed by atoms with E-state index in [-0.39, 0.29) is 40.8 Å². The van der Waals surface area contributed by atoms with Gasteiger partial charge in [0.2, 0.25) is 5.91 Å². The summed E-state index contributed by atoms with van der Waals surface area (Å²) < 4.78 is 0. The highest BCUT2D eigenvalue weighted by molar-refractivity contribution is 6.34. The number of amides is 2. The Kier molecular flexibility index (Phi) is 7.42. The fourth-order valence-corrected chi connectivity index (χ4v) is 2.40. The molecule has 0 aliphatic rings. The molecule has 2 amide bonds. The molecule has 25 heavy (non-hydrogen) atoms. The molecule has 3 N–H and O–H groups in total. The van der Waals surface area contributed by atoms with Crippen LogP contribution in [0.1, 0.15) is 50.9 Å². The van der Waals surface area contributed by atoms with Crippen LogP contribution in [0.25, 0.3) is 0 Å². The van der Waals surface area contributed by atoms with Gasteiger partial charge in [0.1, 0.15) is 0 Å². The van der Waals surface area contributed by atoms with Crippen LogP contribution in [0.4, 0.5) is 5.69 Å². The smallest absolute Gasteiger partial charge is 0.303 e. The zero-order chi connectivity index (χ0) is 19.2. The van der Waals surface area contributed by atoms with Crippen molar-refractivity contribution in [2.45, 2.75) is 40.5 Å². The number of carboxylic acids is 1. The molecule has 0 saturated carbocycles. The molecule has 0 aliphatic heterocycles. The van der Waals surface area contributed by atoms with Crippen molar-refractivity contribution in [3.63, 3.8) is 0 Å². The highest BCUT2D eigenvalue weighted by atomic mass is 35.5. The second-order valence-corrected chi connectivity index (χ2v) is 7.80. The van der Waals surface area contributed by atoms with E-state index in [1.807, 2.05) is 20.8 Å². The lowest BCUT2D eigenvalue weighted by Gasteiger charge is -2.17. The summed E-state index contributed by atoms with van der Waals surface area (Å²) in [6.45, 7) is 7.85. The van der Waals surface area contributed by atoms with Crippen molar-refractivity contribution in [3.05, 3.63) is 28.8 Å². The first kappa shape index (κ1) is 21.0. The SMILES string of the molecule is CC(CNC(=O)c1cc(NC(=O)CC(C)(C)C)ccc1Cl)CC(=O)O. The predicted octanol–water partition coefficient (Wildman–Crippen LogP) is 3.56. The Morgan fingerprint density at radius 1 is 1.24 bits per heavy atom. The first-order valence-corrected chi connectivity index (χ1v) is 8.45. The molecule has 0 saturated heterocycles. The van der Waals surface area contributed by atoms with Crippen molar-refractivity contribution in [1.29, 1.82) is 0 Å². The van der Waals surface area contributed by atoms with Crippen LogP contribution in [0, 0.1) is 11.3 Å². The normalized spacial score (nSPS) is 12.4. The van der Waals surface area contributed by atoms with Crippen LogP contribution in [0.15, 0.2) is 18.2 Å². The lowest BCUT2D eigenvalue weighted by molar-refractivity contribution is -0.137. The van der Waals surface area contributed by atoms with Gasteiger partial charge in [0.05, 0.1) is 10.6 Å². The molecule has 6 nitrogen and oxygen atoms in total. The Morgan fingerprint density at radius 2 is 1.88 bits per heavy atom. The quantitative estimate of drug-likeness (QED) is 0.685. The van der Waals surface area contributed by atoms with E-state index < -0.39 is 11.9 Å². The number of carbonyl (C=O) groups is 3. The molecule has 0 heterocycles. The number of halogens is 1. The third kappa shape index (κ3) is 8.03. The molecular weight excluding hydrogens is 344 g/mol. The number of carbonyl (C=O) groups excluding carboxylic acids is 2. The maximum Gasteiger partial charge on any atom is 0.303 e. The second-order valence-electron chi connectivity index (χ2n) is 7.39. The van der Waals surface area contributed by atoms with Gasteiger partial charge in [-0.05, 0) is 29.5 Å². The third-order valence-corrected chi connectivity index (χ3v) is 3.65.